The third-order valence-electron chi connectivity index (χ3n) is 5.43. The lowest BCUT2D eigenvalue weighted by atomic mass is 9.90. The summed E-state index contributed by atoms with van der Waals surface area (Å²) in [5.74, 6) is 0.787. The Bertz CT molecular complexity index is 1070. The summed E-state index contributed by atoms with van der Waals surface area (Å²) in [6.07, 6.45) is 2.38. The Labute approximate surface area is 179 Å². The van der Waals surface area contributed by atoms with Crippen molar-refractivity contribution in [2.45, 2.75) is 23.9 Å². The second-order valence-corrected chi connectivity index (χ2v) is 8.68. The third-order valence-corrected chi connectivity index (χ3v) is 6.36. The molecule has 1 heterocycles. The van der Waals surface area contributed by atoms with Gasteiger partial charge in [0.2, 0.25) is 0 Å². The van der Waals surface area contributed by atoms with Crippen LogP contribution in [0.3, 0.4) is 0 Å². The molecule has 0 aliphatic carbocycles. The van der Waals surface area contributed by atoms with Gasteiger partial charge in [-0.2, -0.15) is 0 Å². The van der Waals surface area contributed by atoms with E-state index >= 15 is 0 Å². The Morgan fingerprint density at radius 1 is 1.03 bits per heavy atom. The largest absolute Gasteiger partial charge is 0.497 e. The first-order valence-electron chi connectivity index (χ1n) is 9.77. The molecule has 2 amide bonds. The fraction of sp³-hybridized carbons (Fsp3) is 0.208. The van der Waals surface area contributed by atoms with E-state index in [0.29, 0.717) is 12.2 Å². The summed E-state index contributed by atoms with van der Waals surface area (Å²) in [4.78, 5) is 15.9. The van der Waals surface area contributed by atoms with Crippen LogP contribution in [0.25, 0.3) is 0 Å². The molecule has 0 saturated heterocycles. The van der Waals surface area contributed by atoms with E-state index in [2.05, 4.69) is 23.5 Å². The van der Waals surface area contributed by atoms with Crippen LogP contribution in [0.15, 0.2) is 77.7 Å². The molecule has 0 aromatic heterocycles. The number of carbonyl (C=O) groups excluding carboxylic acids is 1. The van der Waals surface area contributed by atoms with Crippen molar-refractivity contribution in [3.05, 3.63) is 89.5 Å². The number of methoxy groups -OCH3 is 1. The lowest BCUT2D eigenvalue weighted by molar-refractivity contribution is 0.176. The van der Waals surface area contributed by atoms with Crippen LogP contribution < -0.4 is 10.1 Å². The van der Waals surface area contributed by atoms with Gasteiger partial charge in [-0.15, -0.1) is 0 Å². The minimum Gasteiger partial charge on any atom is -0.497 e. The monoisotopic (exact) mass is 420 g/mol. The quantitative estimate of drug-likeness (QED) is 0.662. The van der Waals surface area contributed by atoms with Gasteiger partial charge in [-0.05, 0) is 59.5 Å². The molecule has 1 N–H and O–H groups in total. The van der Waals surface area contributed by atoms with E-state index in [-0.39, 0.29) is 12.1 Å². The number of benzene rings is 3. The van der Waals surface area contributed by atoms with E-state index in [9.17, 15) is 9.00 Å². The maximum Gasteiger partial charge on any atom is 0.322 e. The van der Waals surface area contributed by atoms with Crippen molar-refractivity contribution < 1.29 is 13.7 Å². The summed E-state index contributed by atoms with van der Waals surface area (Å²) in [6.45, 7) is 0.495. The standard InChI is InChI=1S/C24H24N2O3S/c1-29-21-11-8-18-15-23(17-6-4-3-5-7-17)26(16-19(18)14-21)24(27)25-20-9-12-22(13-10-20)30(2)28/h3-14,23H,15-16H2,1-2H3,(H,25,27)/t23-,30-/m1/s1. The number of fused-ring (bicyclic) bond motifs is 1. The second kappa shape index (κ2) is 8.71. The molecule has 0 spiro atoms. The summed E-state index contributed by atoms with van der Waals surface area (Å²) >= 11 is 0. The first kappa shape index (κ1) is 20.2. The molecule has 0 fully saturated rings. The second-order valence-electron chi connectivity index (χ2n) is 7.30. The zero-order valence-electron chi connectivity index (χ0n) is 17.0. The molecule has 3 aromatic rings. The van der Waals surface area contributed by atoms with E-state index in [1.54, 1.807) is 37.6 Å². The van der Waals surface area contributed by atoms with Crippen molar-refractivity contribution in [2.24, 2.45) is 0 Å². The molecule has 0 unspecified atom stereocenters. The molecule has 5 nitrogen and oxygen atoms in total. The first-order valence-corrected chi connectivity index (χ1v) is 11.3. The number of rotatable bonds is 4. The van der Waals surface area contributed by atoms with Crippen molar-refractivity contribution in [2.75, 3.05) is 18.7 Å². The zero-order valence-corrected chi connectivity index (χ0v) is 17.8. The molecule has 0 radical (unpaired) electrons. The minimum absolute atomic E-state index is 0.0606. The number of anilines is 1. The summed E-state index contributed by atoms with van der Waals surface area (Å²) < 4.78 is 17.0. The van der Waals surface area contributed by atoms with Crippen molar-refractivity contribution >= 4 is 22.5 Å². The van der Waals surface area contributed by atoms with Gasteiger partial charge in [0.1, 0.15) is 5.75 Å². The van der Waals surface area contributed by atoms with Gasteiger partial charge in [0, 0.05) is 34.2 Å². The average Bonchev–Trinajstić information content (AvgIpc) is 2.78. The van der Waals surface area contributed by atoms with Gasteiger partial charge in [0.05, 0.1) is 13.2 Å². The van der Waals surface area contributed by atoms with Gasteiger partial charge >= 0.3 is 6.03 Å². The SMILES string of the molecule is COc1ccc2c(c1)CN(C(=O)Nc1ccc([S@@](C)=O)cc1)[C@@H](c1ccccc1)C2. The van der Waals surface area contributed by atoms with Gasteiger partial charge in [0.25, 0.3) is 0 Å². The number of hydrogen-bond donors (Lipinski definition) is 1. The van der Waals surface area contributed by atoms with Crippen molar-refractivity contribution in [3.63, 3.8) is 0 Å². The van der Waals surface area contributed by atoms with Crippen LogP contribution in [0.2, 0.25) is 0 Å². The van der Waals surface area contributed by atoms with Gasteiger partial charge in [0.15, 0.2) is 0 Å². The van der Waals surface area contributed by atoms with Crippen molar-refractivity contribution in [1.29, 1.82) is 0 Å². The summed E-state index contributed by atoms with van der Waals surface area (Å²) in [6, 6.07) is 23.0. The van der Waals surface area contributed by atoms with Gasteiger partial charge in [-0.25, -0.2) is 4.79 Å². The topological polar surface area (TPSA) is 58.6 Å². The average molecular weight is 421 g/mol. The lowest BCUT2D eigenvalue weighted by Gasteiger charge is -2.37. The molecular weight excluding hydrogens is 396 g/mol. The van der Waals surface area contributed by atoms with E-state index in [0.717, 1.165) is 28.2 Å². The van der Waals surface area contributed by atoms with Crippen molar-refractivity contribution in [1.82, 2.24) is 4.90 Å². The third kappa shape index (κ3) is 4.24. The molecule has 30 heavy (non-hydrogen) atoms. The summed E-state index contributed by atoms with van der Waals surface area (Å²) in [5.41, 5.74) is 4.10. The number of urea groups is 1. The van der Waals surface area contributed by atoms with Gasteiger partial charge in [-0.1, -0.05) is 36.4 Å². The number of ether oxygens (including phenoxy) is 1. The van der Waals surface area contributed by atoms with Gasteiger partial charge < -0.3 is 15.0 Å². The molecule has 0 bridgehead atoms. The maximum atomic E-state index is 13.3. The van der Waals surface area contributed by atoms with Crippen LogP contribution in [0.4, 0.5) is 10.5 Å². The number of carbonyl (C=O) groups is 1. The Morgan fingerprint density at radius 3 is 2.43 bits per heavy atom. The number of amides is 2. The highest BCUT2D eigenvalue weighted by Crippen LogP contribution is 2.35. The molecule has 3 aromatic carbocycles. The fourth-order valence-electron chi connectivity index (χ4n) is 3.80. The van der Waals surface area contributed by atoms with Crippen molar-refractivity contribution in [3.8, 4) is 5.75 Å². The number of hydrogen-bond acceptors (Lipinski definition) is 3. The van der Waals surface area contributed by atoms with Crippen LogP contribution in [0, 0.1) is 0 Å². The smallest absolute Gasteiger partial charge is 0.322 e. The van der Waals surface area contributed by atoms with Crippen LogP contribution in [-0.4, -0.2) is 28.5 Å². The molecule has 0 saturated carbocycles. The minimum atomic E-state index is -1.05. The highest BCUT2D eigenvalue weighted by Gasteiger charge is 2.31. The molecule has 154 valence electrons. The summed E-state index contributed by atoms with van der Waals surface area (Å²) in [5, 5.41) is 2.99. The molecular formula is C24H24N2O3S. The van der Waals surface area contributed by atoms with E-state index in [1.807, 2.05) is 35.2 Å². The predicted octanol–water partition coefficient (Wildman–Crippen LogP) is 4.76. The van der Waals surface area contributed by atoms with E-state index in [4.69, 9.17) is 4.74 Å². The molecule has 1 aliphatic rings. The van der Waals surface area contributed by atoms with Crippen LogP contribution in [0.5, 0.6) is 5.75 Å². The molecule has 1 aliphatic heterocycles. The highest BCUT2D eigenvalue weighted by atomic mass is 32.2. The summed E-state index contributed by atoms with van der Waals surface area (Å²) in [7, 11) is 0.600. The Hall–Kier alpha value is -3.12. The van der Waals surface area contributed by atoms with Gasteiger partial charge in [-0.3, -0.25) is 4.21 Å². The Balaban J connectivity index is 1.63. The van der Waals surface area contributed by atoms with E-state index < -0.39 is 10.8 Å². The maximum absolute atomic E-state index is 13.3. The highest BCUT2D eigenvalue weighted by molar-refractivity contribution is 7.84. The number of nitrogens with zero attached hydrogens (tertiary/aromatic N) is 1. The normalized spacial score (nSPS) is 16.5. The number of nitrogens with one attached hydrogen (secondary N) is 1. The van der Waals surface area contributed by atoms with E-state index in [1.165, 1.54) is 5.56 Å². The molecule has 2 atom stereocenters. The van der Waals surface area contributed by atoms with Crippen LogP contribution in [-0.2, 0) is 23.8 Å². The van der Waals surface area contributed by atoms with Crippen LogP contribution in [0.1, 0.15) is 22.7 Å². The first-order chi connectivity index (χ1) is 14.5. The fourth-order valence-corrected chi connectivity index (χ4v) is 4.32. The Morgan fingerprint density at radius 2 is 1.77 bits per heavy atom. The Kier molecular flexibility index (Phi) is 5.86. The molecule has 6 heteroatoms. The van der Waals surface area contributed by atoms with Crippen LogP contribution >= 0.6 is 0 Å². The zero-order chi connectivity index (χ0) is 21.1. The molecule has 4 rings (SSSR count). The lowest BCUT2D eigenvalue weighted by Crippen LogP contribution is -2.41. The predicted molar refractivity (Wildman–Crippen MR) is 119 cm³/mol.